The molecule has 2 N–H and O–H groups in total. The van der Waals surface area contributed by atoms with E-state index in [2.05, 4.69) is 11.2 Å². The number of aromatic nitrogens is 2. The second-order valence-corrected chi connectivity index (χ2v) is 2.55. The van der Waals surface area contributed by atoms with Crippen LogP contribution in [0.1, 0.15) is 19.0 Å². The van der Waals surface area contributed by atoms with Crippen molar-refractivity contribution in [3.63, 3.8) is 0 Å². The number of hydrogen-bond acceptors (Lipinski definition) is 3. The summed E-state index contributed by atoms with van der Waals surface area (Å²) >= 11 is 0. The van der Waals surface area contributed by atoms with E-state index in [0.717, 1.165) is 12.1 Å². The van der Waals surface area contributed by atoms with Crippen LogP contribution in [-0.4, -0.2) is 9.78 Å². The Labute approximate surface area is 71.6 Å². The average Bonchev–Trinajstić information content (AvgIpc) is 2.42. The fourth-order valence-electron chi connectivity index (χ4n) is 1.11. The molecule has 0 spiro atoms. The van der Waals surface area contributed by atoms with Crippen LogP contribution in [0.3, 0.4) is 0 Å². The third kappa shape index (κ3) is 1.76. The molecule has 1 aromatic rings. The van der Waals surface area contributed by atoms with Crippen LogP contribution in [0.5, 0.6) is 0 Å². The first-order valence-electron chi connectivity index (χ1n) is 3.97. The molecule has 0 unspecified atom stereocenters. The van der Waals surface area contributed by atoms with Crippen molar-refractivity contribution in [3.05, 3.63) is 11.8 Å². The molecule has 0 aliphatic heterocycles. The van der Waals surface area contributed by atoms with E-state index in [1.165, 1.54) is 0 Å². The van der Waals surface area contributed by atoms with Gasteiger partial charge in [-0.15, -0.1) is 0 Å². The fraction of sp³-hybridized carbons (Fsp3) is 0.500. The Morgan fingerprint density at radius 2 is 2.50 bits per heavy atom. The van der Waals surface area contributed by atoms with Gasteiger partial charge in [-0.25, -0.2) is 0 Å². The Hall–Kier alpha value is -1.50. The second kappa shape index (κ2) is 3.77. The summed E-state index contributed by atoms with van der Waals surface area (Å²) in [6, 6.07) is 3.92. The van der Waals surface area contributed by atoms with E-state index in [1.807, 2.05) is 13.0 Å². The van der Waals surface area contributed by atoms with Crippen molar-refractivity contribution in [2.75, 3.05) is 5.73 Å². The van der Waals surface area contributed by atoms with Gasteiger partial charge < -0.3 is 5.73 Å². The van der Waals surface area contributed by atoms with Crippen LogP contribution in [0, 0.1) is 11.3 Å². The normalized spacial score (nSPS) is 9.67. The predicted octanol–water partition coefficient (Wildman–Crippen LogP) is 0.941. The van der Waals surface area contributed by atoms with Gasteiger partial charge in [0.05, 0.1) is 19.0 Å². The zero-order chi connectivity index (χ0) is 8.97. The van der Waals surface area contributed by atoms with Crippen molar-refractivity contribution >= 4 is 5.82 Å². The molecule has 64 valence electrons. The van der Waals surface area contributed by atoms with Gasteiger partial charge in [0, 0.05) is 11.8 Å². The lowest BCUT2D eigenvalue weighted by Gasteiger charge is -2.00. The third-order valence-corrected chi connectivity index (χ3v) is 1.68. The van der Waals surface area contributed by atoms with Crippen molar-refractivity contribution in [1.82, 2.24) is 9.78 Å². The molecule has 1 rings (SSSR count). The van der Waals surface area contributed by atoms with Gasteiger partial charge in [-0.05, 0) is 6.42 Å². The molecule has 0 saturated heterocycles. The van der Waals surface area contributed by atoms with Crippen molar-refractivity contribution in [2.45, 2.75) is 26.3 Å². The predicted molar refractivity (Wildman–Crippen MR) is 46.2 cm³/mol. The lowest BCUT2D eigenvalue weighted by molar-refractivity contribution is 0.601. The van der Waals surface area contributed by atoms with E-state index in [4.69, 9.17) is 11.0 Å². The minimum atomic E-state index is 0.480. The molecule has 0 saturated carbocycles. The fourth-order valence-corrected chi connectivity index (χ4v) is 1.11. The van der Waals surface area contributed by atoms with Gasteiger partial charge in [-0.2, -0.15) is 10.4 Å². The molecule has 0 atom stereocenters. The van der Waals surface area contributed by atoms with E-state index < -0.39 is 0 Å². The minimum Gasteiger partial charge on any atom is -0.382 e. The molecule has 4 nitrogen and oxygen atoms in total. The SMILES string of the molecule is CCc1cc(N)nn1CCC#N. The highest BCUT2D eigenvalue weighted by atomic mass is 15.3. The number of rotatable bonds is 3. The van der Waals surface area contributed by atoms with Crippen LogP contribution in [0.4, 0.5) is 5.82 Å². The van der Waals surface area contributed by atoms with Crippen LogP contribution < -0.4 is 5.73 Å². The molecule has 0 bridgehead atoms. The van der Waals surface area contributed by atoms with Crippen LogP contribution in [0.25, 0.3) is 0 Å². The smallest absolute Gasteiger partial charge is 0.145 e. The molecule has 0 amide bonds. The van der Waals surface area contributed by atoms with Crippen LogP contribution in [-0.2, 0) is 13.0 Å². The first-order chi connectivity index (χ1) is 5.77. The van der Waals surface area contributed by atoms with Gasteiger partial charge in [0.15, 0.2) is 0 Å². The number of hydrogen-bond donors (Lipinski definition) is 1. The average molecular weight is 164 g/mol. The van der Waals surface area contributed by atoms with Gasteiger partial charge in [0.1, 0.15) is 5.82 Å². The lowest BCUT2D eigenvalue weighted by Crippen LogP contribution is -2.03. The van der Waals surface area contributed by atoms with Crippen molar-refractivity contribution in [2.24, 2.45) is 0 Å². The van der Waals surface area contributed by atoms with Crippen LogP contribution in [0.2, 0.25) is 0 Å². The third-order valence-electron chi connectivity index (χ3n) is 1.68. The zero-order valence-corrected chi connectivity index (χ0v) is 7.12. The minimum absolute atomic E-state index is 0.480. The number of nitriles is 1. The molecular weight excluding hydrogens is 152 g/mol. The first-order valence-corrected chi connectivity index (χ1v) is 3.97. The van der Waals surface area contributed by atoms with Crippen molar-refractivity contribution < 1.29 is 0 Å². The Bertz CT molecular complexity index is 294. The van der Waals surface area contributed by atoms with Crippen LogP contribution >= 0.6 is 0 Å². The summed E-state index contributed by atoms with van der Waals surface area (Å²) in [5.41, 5.74) is 6.60. The van der Waals surface area contributed by atoms with E-state index in [1.54, 1.807) is 4.68 Å². The highest BCUT2D eigenvalue weighted by molar-refractivity contribution is 5.29. The number of nitrogen functional groups attached to an aromatic ring is 1. The Balaban J connectivity index is 2.76. The summed E-state index contributed by atoms with van der Waals surface area (Å²) in [7, 11) is 0. The molecule has 0 aromatic carbocycles. The summed E-state index contributed by atoms with van der Waals surface area (Å²) in [6.07, 6.45) is 1.38. The highest BCUT2D eigenvalue weighted by Crippen LogP contribution is 2.06. The van der Waals surface area contributed by atoms with Gasteiger partial charge in [-0.1, -0.05) is 6.92 Å². The topological polar surface area (TPSA) is 67.6 Å². The highest BCUT2D eigenvalue weighted by Gasteiger charge is 2.02. The Morgan fingerprint density at radius 3 is 3.08 bits per heavy atom. The lowest BCUT2D eigenvalue weighted by atomic mass is 10.3. The van der Waals surface area contributed by atoms with Gasteiger partial charge in [-0.3, -0.25) is 4.68 Å². The number of aryl methyl sites for hydroxylation is 2. The molecule has 0 aliphatic rings. The van der Waals surface area contributed by atoms with Gasteiger partial charge in [0.25, 0.3) is 0 Å². The maximum Gasteiger partial charge on any atom is 0.145 e. The second-order valence-electron chi connectivity index (χ2n) is 2.55. The number of nitrogens with two attached hydrogens (primary N) is 1. The maximum absolute atomic E-state index is 8.38. The van der Waals surface area contributed by atoms with Crippen molar-refractivity contribution in [1.29, 1.82) is 5.26 Å². The molecule has 0 aliphatic carbocycles. The molecular formula is C8H12N4. The van der Waals surface area contributed by atoms with E-state index in [0.29, 0.717) is 18.8 Å². The Kier molecular flexibility index (Phi) is 2.70. The first kappa shape index (κ1) is 8.60. The van der Waals surface area contributed by atoms with Gasteiger partial charge >= 0.3 is 0 Å². The monoisotopic (exact) mass is 164 g/mol. The molecule has 0 radical (unpaired) electrons. The molecule has 12 heavy (non-hydrogen) atoms. The van der Waals surface area contributed by atoms with Gasteiger partial charge in [0.2, 0.25) is 0 Å². The summed E-state index contributed by atoms with van der Waals surface area (Å²) < 4.78 is 1.79. The quantitative estimate of drug-likeness (QED) is 0.722. The number of nitrogens with zero attached hydrogens (tertiary/aromatic N) is 3. The van der Waals surface area contributed by atoms with E-state index in [9.17, 15) is 0 Å². The summed E-state index contributed by atoms with van der Waals surface area (Å²) in [6.45, 7) is 2.68. The maximum atomic E-state index is 8.38. The molecule has 1 heterocycles. The number of anilines is 1. The van der Waals surface area contributed by atoms with E-state index >= 15 is 0 Å². The van der Waals surface area contributed by atoms with Crippen LogP contribution in [0.15, 0.2) is 6.07 Å². The molecule has 1 aromatic heterocycles. The molecule has 4 heteroatoms. The van der Waals surface area contributed by atoms with E-state index in [-0.39, 0.29) is 0 Å². The zero-order valence-electron chi connectivity index (χ0n) is 7.12. The summed E-state index contributed by atoms with van der Waals surface area (Å²) in [5, 5.41) is 12.4. The summed E-state index contributed by atoms with van der Waals surface area (Å²) in [4.78, 5) is 0. The Morgan fingerprint density at radius 1 is 1.75 bits per heavy atom. The summed E-state index contributed by atoms with van der Waals surface area (Å²) in [5.74, 6) is 0.532. The standard InChI is InChI=1S/C8H12N4/c1-2-7-6-8(10)11-12(7)5-3-4-9/h6H,2-3,5H2,1H3,(H2,10,11). The molecule has 0 fully saturated rings. The van der Waals surface area contributed by atoms with Crippen molar-refractivity contribution in [3.8, 4) is 6.07 Å². The largest absolute Gasteiger partial charge is 0.382 e.